The molecule has 0 aliphatic carbocycles. The third-order valence-electron chi connectivity index (χ3n) is 6.03. The van der Waals surface area contributed by atoms with E-state index in [-0.39, 0.29) is 16.9 Å². The molecular weight excluding hydrogens is 555 g/mol. The zero-order valence-corrected chi connectivity index (χ0v) is 24.3. The van der Waals surface area contributed by atoms with Gasteiger partial charge in [-0.3, -0.25) is 4.79 Å². The van der Waals surface area contributed by atoms with Crippen molar-refractivity contribution in [2.24, 2.45) is 0 Å². The first-order valence-electron chi connectivity index (χ1n) is 12.2. The van der Waals surface area contributed by atoms with Crippen LogP contribution in [0.4, 0.5) is 23.0 Å². The summed E-state index contributed by atoms with van der Waals surface area (Å²) < 4.78 is 12.7. The Balaban J connectivity index is 1.76. The third kappa shape index (κ3) is 6.22. The number of hydrogen-bond acceptors (Lipinski definition) is 9. The molecule has 0 aliphatic heterocycles. The highest BCUT2D eigenvalue weighted by Crippen LogP contribution is 2.38. The van der Waals surface area contributed by atoms with E-state index >= 15 is 0 Å². The molecule has 0 atom stereocenters. The Kier molecular flexibility index (Phi) is 8.98. The fourth-order valence-electron chi connectivity index (χ4n) is 3.97. The van der Waals surface area contributed by atoms with Crippen LogP contribution in [0.5, 0.6) is 11.6 Å². The van der Waals surface area contributed by atoms with E-state index in [2.05, 4.69) is 37.2 Å². The monoisotopic (exact) mass is 584 g/mol. The van der Waals surface area contributed by atoms with Crippen molar-refractivity contribution in [3.8, 4) is 17.4 Å². The minimum atomic E-state index is -0.344. The number of anilines is 4. The molecule has 0 radical (unpaired) electrons. The van der Waals surface area contributed by atoms with Gasteiger partial charge in [-0.2, -0.15) is 4.98 Å². The quantitative estimate of drug-likeness (QED) is 0.235. The Morgan fingerprint density at radius 2 is 1.88 bits per heavy atom. The first-order valence-corrected chi connectivity index (χ1v) is 12.9. The number of carbonyl (C=O) groups is 1. The Bertz CT molecular complexity index is 1560. The fraction of sp³-hybridized carbons (Fsp3) is 0.259. The molecule has 0 unspecified atom stereocenters. The Morgan fingerprint density at radius 3 is 2.55 bits per heavy atom. The molecule has 13 heteroatoms. The lowest BCUT2D eigenvalue weighted by Crippen LogP contribution is -2.29. The summed E-state index contributed by atoms with van der Waals surface area (Å²) >= 11 is 12.7. The molecule has 11 nitrogen and oxygen atoms in total. The van der Waals surface area contributed by atoms with Crippen molar-refractivity contribution in [2.45, 2.75) is 0 Å². The summed E-state index contributed by atoms with van der Waals surface area (Å²) in [5.74, 6) is 1.10. The van der Waals surface area contributed by atoms with Gasteiger partial charge in [-0.1, -0.05) is 29.8 Å². The Labute approximate surface area is 242 Å². The maximum Gasteiger partial charge on any atom is 0.247 e. The second-order valence-corrected chi connectivity index (χ2v) is 9.90. The predicted molar refractivity (Wildman–Crippen MR) is 160 cm³/mol. The number of hydrogen-bond donors (Lipinski definition) is 2. The normalized spacial score (nSPS) is 11.0. The number of halogens is 2. The number of carbonyl (C=O) groups excluding carboxylic acids is 1. The molecule has 40 heavy (non-hydrogen) atoms. The molecule has 0 bridgehead atoms. The largest absolute Gasteiger partial charge is 0.494 e. The number of ether oxygens (including phenoxy) is 2. The maximum atomic E-state index is 12.3. The van der Waals surface area contributed by atoms with Gasteiger partial charge >= 0.3 is 0 Å². The van der Waals surface area contributed by atoms with Crippen LogP contribution in [0.25, 0.3) is 16.7 Å². The lowest BCUT2D eigenvalue weighted by atomic mass is 10.2. The van der Waals surface area contributed by atoms with Gasteiger partial charge in [0.15, 0.2) is 5.82 Å². The summed E-state index contributed by atoms with van der Waals surface area (Å²) in [4.78, 5) is 25.4. The number of methoxy groups -OCH3 is 2. The molecule has 2 heterocycles. The van der Waals surface area contributed by atoms with Crippen LogP contribution >= 0.6 is 23.2 Å². The van der Waals surface area contributed by atoms with Gasteiger partial charge in [0.05, 0.1) is 48.4 Å². The average Bonchev–Trinajstić information content (AvgIpc) is 3.30. The number of rotatable bonds is 11. The Hall–Kier alpha value is -4.06. The molecule has 2 N–H and O–H groups in total. The van der Waals surface area contributed by atoms with Crippen LogP contribution in [0.15, 0.2) is 49.2 Å². The minimum Gasteiger partial charge on any atom is -0.494 e. The molecule has 210 valence electrons. The molecule has 4 rings (SSSR count). The van der Waals surface area contributed by atoms with Crippen molar-refractivity contribution in [1.82, 2.24) is 24.6 Å². The van der Waals surface area contributed by atoms with E-state index in [1.165, 1.54) is 19.4 Å². The van der Waals surface area contributed by atoms with E-state index in [0.29, 0.717) is 44.7 Å². The molecule has 1 amide bonds. The van der Waals surface area contributed by atoms with Gasteiger partial charge in [0.25, 0.3) is 0 Å². The number of fused-ring (bicyclic) bond motifs is 1. The number of nitrogens with one attached hydrogen (secondary N) is 2. The highest BCUT2D eigenvalue weighted by molar-refractivity contribution is 6.32. The van der Waals surface area contributed by atoms with Crippen LogP contribution in [-0.4, -0.2) is 79.0 Å². The van der Waals surface area contributed by atoms with Crippen LogP contribution in [0, 0.1) is 0 Å². The zero-order valence-electron chi connectivity index (χ0n) is 22.8. The summed E-state index contributed by atoms with van der Waals surface area (Å²) in [6.07, 6.45) is 2.68. The average molecular weight is 585 g/mol. The summed E-state index contributed by atoms with van der Waals surface area (Å²) in [6.45, 7) is 5.10. The van der Waals surface area contributed by atoms with E-state index in [9.17, 15) is 4.79 Å². The number of amides is 1. The SMILES string of the molecule is C=CC(=O)Nc1cc(Nc2ncc(Cl)c(-n3nc(OC)c4cc(Cl)ccc43)n2)c(OC)cc1N(C)CCN(C)C. The standard InChI is InChI=1S/C27H30Cl2N8O3/c1-7-24(38)31-19-13-20(23(39-5)14-22(19)36(4)11-10-35(2)3)32-27-30-15-18(29)25(33-27)37-21-9-8-16(28)12-17(21)26(34-37)40-6/h7-9,12-15H,1,10-11H2,2-6H3,(H,31,38)(H,30,32,33). The lowest BCUT2D eigenvalue weighted by molar-refractivity contribution is -0.111. The van der Waals surface area contributed by atoms with E-state index < -0.39 is 0 Å². The van der Waals surface area contributed by atoms with Crippen molar-refractivity contribution < 1.29 is 14.3 Å². The van der Waals surface area contributed by atoms with E-state index in [1.54, 1.807) is 30.0 Å². The van der Waals surface area contributed by atoms with E-state index in [1.807, 2.05) is 38.2 Å². The molecular formula is C27H30Cl2N8O3. The van der Waals surface area contributed by atoms with Gasteiger partial charge in [0.2, 0.25) is 17.7 Å². The highest BCUT2D eigenvalue weighted by atomic mass is 35.5. The van der Waals surface area contributed by atoms with Crippen molar-refractivity contribution in [1.29, 1.82) is 0 Å². The lowest BCUT2D eigenvalue weighted by Gasteiger charge is -2.26. The molecule has 0 saturated carbocycles. The molecule has 4 aromatic rings. The molecule has 0 saturated heterocycles. The van der Waals surface area contributed by atoms with E-state index in [0.717, 1.165) is 18.8 Å². The molecule has 0 aliphatic rings. The third-order valence-corrected chi connectivity index (χ3v) is 6.53. The Morgan fingerprint density at radius 1 is 1.10 bits per heavy atom. The summed E-state index contributed by atoms with van der Waals surface area (Å²) in [5.41, 5.74) is 2.55. The van der Waals surface area contributed by atoms with Gasteiger partial charge < -0.3 is 29.9 Å². The smallest absolute Gasteiger partial charge is 0.247 e. The van der Waals surface area contributed by atoms with Gasteiger partial charge in [0, 0.05) is 31.2 Å². The van der Waals surface area contributed by atoms with Gasteiger partial charge in [0.1, 0.15) is 10.8 Å². The fourth-order valence-corrected chi connectivity index (χ4v) is 4.31. The summed E-state index contributed by atoms with van der Waals surface area (Å²) in [6, 6.07) is 8.91. The first kappa shape index (κ1) is 28.9. The van der Waals surface area contributed by atoms with Crippen LogP contribution in [0.3, 0.4) is 0 Å². The number of nitrogens with zero attached hydrogens (tertiary/aromatic N) is 6. The van der Waals surface area contributed by atoms with Gasteiger partial charge in [-0.15, -0.1) is 5.10 Å². The number of benzene rings is 2. The van der Waals surface area contributed by atoms with Crippen LogP contribution in [-0.2, 0) is 4.79 Å². The second kappa shape index (κ2) is 12.4. The zero-order chi connectivity index (χ0) is 29.0. The minimum absolute atomic E-state index is 0.226. The second-order valence-electron chi connectivity index (χ2n) is 9.06. The molecule has 2 aromatic carbocycles. The van der Waals surface area contributed by atoms with Crippen LogP contribution < -0.4 is 25.0 Å². The van der Waals surface area contributed by atoms with Gasteiger partial charge in [-0.25, -0.2) is 9.67 Å². The molecule has 2 aromatic heterocycles. The van der Waals surface area contributed by atoms with Crippen molar-refractivity contribution >= 4 is 63.0 Å². The summed E-state index contributed by atoms with van der Waals surface area (Å²) in [7, 11) is 9.03. The number of likely N-dealkylation sites (N-methyl/N-ethyl adjacent to an activating group) is 2. The van der Waals surface area contributed by atoms with Crippen molar-refractivity contribution in [3.05, 3.63) is 59.2 Å². The molecule has 0 spiro atoms. The van der Waals surface area contributed by atoms with Crippen molar-refractivity contribution in [3.63, 3.8) is 0 Å². The predicted octanol–water partition coefficient (Wildman–Crippen LogP) is 5.01. The number of aromatic nitrogens is 4. The first-order chi connectivity index (χ1) is 19.1. The van der Waals surface area contributed by atoms with Crippen LogP contribution in [0.1, 0.15) is 0 Å². The highest BCUT2D eigenvalue weighted by Gasteiger charge is 2.19. The van der Waals surface area contributed by atoms with Crippen LogP contribution in [0.2, 0.25) is 10.0 Å². The molecule has 0 fully saturated rings. The van der Waals surface area contributed by atoms with Crippen molar-refractivity contribution in [2.75, 3.05) is 64.0 Å². The maximum absolute atomic E-state index is 12.3. The summed E-state index contributed by atoms with van der Waals surface area (Å²) in [5, 5.41) is 12.1. The van der Waals surface area contributed by atoms with Gasteiger partial charge in [-0.05, 0) is 44.4 Å². The topological polar surface area (TPSA) is 110 Å². The van der Waals surface area contributed by atoms with E-state index in [4.69, 9.17) is 32.7 Å².